The lowest BCUT2D eigenvalue weighted by Crippen LogP contribution is -2.46. The molecule has 0 N–H and O–H groups in total. The van der Waals surface area contributed by atoms with E-state index in [1.165, 1.54) is 0 Å². The molecule has 0 spiro atoms. The Morgan fingerprint density at radius 1 is 1.16 bits per heavy atom. The van der Waals surface area contributed by atoms with Crippen LogP contribution in [0.5, 0.6) is 0 Å². The van der Waals surface area contributed by atoms with Gasteiger partial charge in [-0.2, -0.15) is 0 Å². The molecule has 1 aliphatic rings. The third-order valence-corrected chi connectivity index (χ3v) is 5.32. The maximum atomic E-state index is 11.8. The number of aromatic nitrogens is 3. The molecule has 0 bridgehead atoms. The van der Waals surface area contributed by atoms with E-state index in [1.807, 2.05) is 25.4 Å². The monoisotopic (exact) mass is 359 g/mol. The number of nitrogens with zero attached hydrogens (tertiary/aromatic N) is 5. The van der Waals surface area contributed by atoms with Crippen molar-refractivity contribution in [1.82, 2.24) is 19.4 Å². The van der Waals surface area contributed by atoms with Crippen molar-refractivity contribution in [3.05, 3.63) is 45.5 Å². The summed E-state index contributed by atoms with van der Waals surface area (Å²) in [7, 11) is 1.78. The van der Waals surface area contributed by atoms with E-state index in [4.69, 9.17) is 4.98 Å². The van der Waals surface area contributed by atoms with Crippen LogP contribution >= 0.6 is 11.8 Å². The Hall–Kier alpha value is -1.86. The lowest BCUT2D eigenvalue weighted by Gasteiger charge is -2.36. The predicted molar refractivity (Wildman–Crippen MR) is 102 cm³/mol. The van der Waals surface area contributed by atoms with Gasteiger partial charge in [0.15, 0.2) is 5.16 Å². The van der Waals surface area contributed by atoms with Gasteiger partial charge in [-0.05, 0) is 31.7 Å². The number of thioether (sulfide) groups is 1. The van der Waals surface area contributed by atoms with E-state index in [0.29, 0.717) is 0 Å². The second-order valence-electron chi connectivity index (χ2n) is 6.49. The molecule has 2 aromatic heterocycles. The van der Waals surface area contributed by atoms with Crippen LogP contribution in [0.3, 0.4) is 0 Å². The Kier molecular flexibility index (Phi) is 5.44. The summed E-state index contributed by atoms with van der Waals surface area (Å²) in [4.78, 5) is 25.7. The number of pyridine rings is 1. The molecule has 0 amide bonds. The summed E-state index contributed by atoms with van der Waals surface area (Å²) in [5.74, 6) is 1.06. The van der Waals surface area contributed by atoms with Crippen molar-refractivity contribution in [2.24, 2.45) is 7.05 Å². The highest BCUT2D eigenvalue weighted by Crippen LogP contribution is 2.24. The number of hydrogen-bond acceptors (Lipinski definition) is 6. The van der Waals surface area contributed by atoms with E-state index in [9.17, 15) is 4.79 Å². The normalized spacial score (nSPS) is 15.6. The molecular formula is C18H25N5OS. The minimum atomic E-state index is 0.0489. The highest BCUT2D eigenvalue weighted by Gasteiger charge is 2.21. The van der Waals surface area contributed by atoms with Crippen molar-refractivity contribution in [1.29, 1.82) is 0 Å². The highest BCUT2D eigenvalue weighted by molar-refractivity contribution is 7.98. The summed E-state index contributed by atoms with van der Waals surface area (Å²) in [5, 5.41) is 0.834. The van der Waals surface area contributed by atoms with E-state index >= 15 is 0 Å². The molecule has 0 aliphatic carbocycles. The van der Waals surface area contributed by atoms with E-state index < -0.39 is 0 Å². The van der Waals surface area contributed by atoms with Gasteiger partial charge in [0.25, 0.3) is 5.56 Å². The molecule has 3 rings (SSSR count). The summed E-state index contributed by atoms with van der Waals surface area (Å²) in [6.45, 7) is 8.78. The van der Waals surface area contributed by atoms with Crippen LogP contribution in [0.1, 0.15) is 16.8 Å². The zero-order chi connectivity index (χ0) is 18.0. The fourth-order valence-corrected chi connectivity index (χ4v) is 3.46. The van der Waals surface area contributed by atoms with Gasteiger partial charge in [-0.25, -0.2) is 9.97 Å². The van der Waals surface area contributed by atoms with Gasteiger partial charge in [-0.3, -0.25) is 9.69 Å². The van der Waals surface area contributed by atoms with Crippen molar-refractivity contribution >= 4 is 17.6 Å². The number of anilines is 1. The Bertz CT molecular complexity index is 812. The fraction of sp³-hybridized carbons (Fsp3) is 0.500. The van der Waals surface area contributed by atoms with Crippen molar-refractivity contribution in [3.63, 3.8) is 0 Å². The van der Waals surface area contributed by atoms with E-state index in [0.717, 1.165) is 60.5 Å². The van der Waals surface area contributed by atoms with Gasteiger partial charge in [0.1, 0.15) is 5.82 Å². The molecule has 3 heterocycles. The second-order valence-corrected chi connectivity index (χ2v) is 7.27. The first-order valence-corrected chi connectivity index (χ1v) is 9.72. The van der Waals surface area contributed by atoms with Gasteiger partial charge in [-0.1, -0.05) is 11.8 Å². The number of hydrogen-bond donors (Lipinski definition) is 0. The Morgan fingerprint density at radius 3 is 2.52 bits per heavy atom. The molecule has 0 unspecified atom stereocenters. The maximum Gasteiger partial charge on any atom is 0.250 e. The second kappa shape index (κ2) is 7.58. The molecule has 25 heavy (non-hydrogen) atoms. The number of aryl methyl sites for hydroxylation is 2. The SMILES string of the molecule is CSc1nc(C)c(C)c(N2CCN(Cc3ccn(C)c(=O)c3)CC2)n1. The molecule has 1 aliphatic heterocycles. The van der Waals surface area contributed by atoms with Crippen LogP contribution < -0.4 is 10.5 Å². The first-order valence-electron chi connectivity index (χ1n) is 8.50. The molecule has 134 valence electrons. The third kappa shape index (κ3) is 4.04. The van der Waals surface area contributed by atoms with Gasteiger partial charge in [0, 0.05) is 63.3 Å². The van der Waals surface area contributed by atoms with Crippen LogP contribution in [-0.4, -0.2) is 51.9 Å². The standard InChI is InChI=1S/C18H25N5OS/c1-13-14(2)19-18(25-4)20-17(13)23-9-7-22(8-10-23)12-15-5-6-21(3)16(24)11-15/h5-6,11H,7-10,12H2,1-4H3. The zero-order valence-corrected chi connectivity index (χ0v) is 16.1. The molecule has 7 heteroatoms. The van der Waals surface area contributed by atoms with Crippen LogP contribution in [0.4, 0.5) is 5.82 Å². The van der Waals surface area contributed by atoms with Crippen molar-refractivity contribution in [2.75, 3.05) is 37.3 Å². The summed E-state index contributed by atoms with van der Waals surface area (Å²) in [5.41, 5.74) is 3.35. The topological polar surface area (TPSA) is 54.3 Å². The number of rotatable bonds is 4. The average Bonchev–Trinajstić information content (AvgIpc) is 2.61. The van der Waals surface area contributed by atoms with Gasteiger partial charge in [0.2, 0.25) is 0 Å². The average molecular weight is 359 g/mol. The van der Waals surface area contributed by atoms with Crippen LogP contribution in [-0.2, 0) is 13.6 Å². The van der Waals surface area contributed by atoms with Gasteiger partial charge >= 0.3 is 0 Å². The first kappa shape index (κ1) is 17.9. The van der Waals surface area contributed by atoms with Crippen LogP contribution in [0.25, 0.3) is 0 Å². The minimum absolute atomic E-state index is 0.0489. The smallest absolute Gasteiger partial charge is 0.250 e. The predicted octanol–water partition coefficient (Wildman–Crippen LogP) is 1.84. The highest BCUT2D eigenvalue weighted by atomic mass is 32.2. The molecule has 0 saturated carbocycles. The zero-order valence-electron chi connectivity index (χ0n) is 15.3. The largest absolute Gasteiger partial charge is 0.354 e. The molecule has 1 saturated heterocycles. The summed E-state index contributed by atoms with van der Waals surface area (Å²) in [6, 6.07) is 3.76. The van der Waals surface area contributed by atoms with Gasteiger partial charge in [-0.15, -0.1) is 0 Å². The molecule has 0 aromatic carbocycles. The summed E-state index contributed by atoms with van der Waals surface area (Å²) in [6.07, 6.45) is 3.85. The van der Waals surface area contributed by atoms with Crippen LogP contribution in [0.2, 0.25) is 0 Å². The van der Waals surface area contributed by atoms with E-state index in [2.05, 4.69) is 21.7 Å². The van der Waals surface area contributed by atoms with Crippen LogP contribution in [0, 0.1) is 13.8 Å². The Labute approximate surface area is 152 Å². The van der Waals surface area contributed by atoms with Crippen molar-refractivity contribution in [2.45, 2.75) is 25.5 Å². The quantitative estimate of drug-likeness (QED) is 0.613. The molecule has 0 atom stereocenters. The lowest BCUT2D eigenvalue weighted by molar-refractivity contribution is 0.249. The van der Waals surface area contributed by atoms with Crippen molar-refractivity contribution in [3.8, 4) is 0 Å². The Balaban J connectivity index is 1.67. The van der Waals surface area contributed by atoms with Gasteiger partial charge in [0.05, 0.1) is 0 Å². The lowest BCUT2D eigenvalue weighted by atomic mass is 10.2. The summed E-state index contributed by atoms with van der Waals surface area (Å²) < 4.78 is 1.60. The molecule has 1 fully saturated rings. The van der Waals surface area contributed by atoms with Crippen molar-refractivity contribution < 1.29 is 0 Å². The fourth-order valence-electron chi connectivity index (χ4n) is 3.05. The molecule has 0 radical (unpaired) electrons. The third-order valence-electron chi connectivity index (χ3n) is 4.77. The van der Waals surface area contributed by atoms with E-state index in [-0.39, 0.29) is 5.56 Å². The van der Waals surface area contributed by atoms with Crippen LogP contribution in [0.15, 0.2) is 28.3 Å². The van der Waals surface area contributed by atoms with Gasteiger partial charge < -0.3 is 9.47 Å². The minimum Gasteiger partial charge on any atom is -0.354 e. The molecule has 2 aromatic rings. The first-order chi connectivity index (χ1) is 12.0. The maximum absolute atomic E-state index is 11.8. The Morgan fingerprint density at radius 2 is 1.88 bits per heavy atom. The summed E-state index contributed by atoms with van der Waals surface area (Å²) >= 11 is 1.58. The number of piperazine rings is 1. The molecular weight excluding hydrogens is 334 g/mol. The van der Waals surface area contributed by atoms with E-state index in [1.54, 1.807) is 29.4 Å². The molecule has 6 nitrogen and oxygen atoms in total.